The van der Waals surface area contributed by atoms with Gasteiger partial charge in [0.2, 0.25) is 0 Å². The van der Waals surface area contributed by atoms with E-state index in [-0.39, 0.29) is 37.8 Å². The zero-order valence-electron chi connectivity index (χ0n) is 25.1. The molecule has 0 saturated carbocycles. The molecule has 230 valence electrons. The normalized spacial score (nSPS) is 12.3. The van der Waals surface area contributed by atoms with Gasteiger partial charge in [0, 0.05) is 13.0 Å². The third-order valence-electron chi connectivity index (χ3n) is 6.93. The van der Waals surface area contributed by atoms with E-state index in [0.29, 0.717) is 5.75 Å². The number of hydrogen-bond donors (Lipinski definition) is 2. The van der Waals surface area contributed by atoms with Crippen molar-refractivity contribution in [2.75, 3.05) is 20.2 Å². The molecule has 4 aromatic carbocycles. The predicted molar refractivity (Wildman–Crippen MR) is 167 cm³/mol. The highest BCUT2D eigenvalue weighted by Gasteiger charge is 2.30. The molecule has 1 unspecified atom stereocenters. The first-order chi connectivity index (χ1) is 21.2. The molecule has 4 rings (SSSR count). The van der Waals surface area contributed by atoms with Crippen LogP contribution in [0.1, 0.15) is 25.0 Å². The lowest BCUT2D eigenvalue weighted by Crippen LogP contribution is -2.53. The number of amides is 2. The maximum absolute atomic E-state index is 13.7. The maximum atomic E-state index is 13.7. The summed E-state index contributed by atoms with van der Waals surface area (Å²) in [6.45, 7) is 3.71. The molecule has 2 N–H and O–H groups in total. The SMILES string of the molecule is COc1ccccc1OC(=O)[C@H](Cc1cccc2ccccc12)NC(=O)N(CC(C)C)CC(O)C(=O)OCc1ccccc1. The Kier molecular flexibility index (Phi) is 11.3. The number of carbonyl (C=O) groups is 3. The van der Waals surface area contributed by atoms with E-state index < -0.39 is 30.1 Å². The van der Waals surface area contributed by atoms with Crippen LogP contribution in [0.25, 0.3) is 10.8 Å². The largest absolute Gasteiger partial charge is 0.493 e. The van der Waals surface area contributed by atoms with Crippen molar-refractivity contribution in [2.45, 2.75) is 39.0 Å². The number of methoxy groups -OCH3 is 1. The van der Waals surface area contributed by atoms with Crippen LogP contribution in [-0.4, -0.2) is 60.3 Å². The van der Waals surface area contributed by atoms with Crippen molar-refractivity contribution in [2.24, 2.45) is 5.92 Å². The van der Waals surface area contributed by atoms with E-state index in [1.165, 1.54) is 12.0 Å². The van der Waals surface area contributed by atoms with E-state index in [1.807, 2.05) is 74.5 Å². The number of aliphatic hydroxyl groups excluding tert-OH is 1. The quantitative estimate of drug-likeness (QED) is 0.162. The Bertz CT molecular complexity index is 1550. The van der Waals surface area contributed by atoms with Crippen LogP contribution in [0, 0.1) is 5.92 Å². The van der Waals surface area contributed by atoms with Gasteiger partial charge in [-0.15, -0.1) is 0 Å². The summed E-state index contributed by atoms with van der Waals surface area (Å²) in [6, 6.07) is 27.7. The van der Waals surface area contributed by atoms with Crippen LogP contribution in [0.4, 0.5) is 4.79 Å². The van der Waals surface area contributed by atoms with E-state index in [2.05, 4.69) is 5.32 Å². The summed E-state index contributed by atoms with van der Waals surface area (Å²) in [5, 5.41) is 15.4. The number of aliphatic hydroxyl groups is 1. The van der Waals surface area contributed by atoms with Gasteiger partial charge in [0.1, 0.15) is 12.6 Å². The summed E-state index contributed by atoms with van der Waals surface area (Å²) in [5.74, 6) is -0.950. The van der Waals surface area contributed by atoms with Gasteiger partial charge in [-0.05, 0) is 39.9 Å². The molecule has 0 radical (unpaired) electrons. The monoisotopic (exact) mass is 598 g/mol. The second kappa shape index (κ2) is 15.5. The number of para-hydroxylation sites is 2. The maximum Gasteiger partial charge on any atom is 0.337 e. The summed E-state index contributed by atoms with van der Waals surface area (Å²) in [4.78, 5) is 41.2. The topological polar surface area (TPSA) is 114 Å². The number of ether oxygens (including phenoxy) is 3. The van der Waals surface area contributed by atoms with E-state index in [0.717, 1.165) is 21.9 Å². The number of carbonyl (C=O) groups excluding carboxylic acids is 3. The molecule has 44 heavy (non-hydrogen) atoms. The first-order valence-electron chi connectivity index (χ1n) is 14.5. The van der Waals surface area contributed by atoms with Crippen molar-refractivity contribution < 1.29 is 33.7 Å². The summed E-state index contributed by atoms with van der Waals surface area (Å²) in [5.41, 5.74) is 1.61. The van der Waals surface area contributed by atoms with Crippen LogP contribution in [0.5, 0.6) is 11.5 Å². The lowest BCUT2D eigenvalue weighted by molar-refractivity contribution is -0.155. The van der Waals surface area contributed by atoms with Crippen LogP contribution in [0.2, 0.25) is 0 Å². The van der Waals surface area contributed by atoms with Crippen molar-refractivity contribution in [1.82, 2.24) is 10.2 Å². The molecular weight excluding hydrogens is 560 g/mol. The highest BCUT2D eigenvalue weighted by atomic mass is 16.6. The van der Waals surface area contributed by atoms with Gasteiger partial charge in [-0.3, -0.25) is 0 Å². The fourth-order valence-electron chi connectivity index (χ4n) is 4.80. The van der Waals surface area contributed by atoms with Crippen molar-refractivity contribution in [3.8, 4) is 11.5 Å². The first kappa shape index (κ1) is 32.0. The first-order valence-corrected chi connectivity index (χ1v) is 14.5. The Morgan fingerprint density at radius 3 is 2.18 bits per heavy atom. The molecule has 2 atom stereocenters. The number of nitrogens with zero attached hydrogens (tertiary/aromatic N) is 1. The van der Waals surface area contributed by atoms with E-state index in [4.69, 9.17) is 14.2 Å². The number of benzene rings is 4. The Labute approximate surface area is 257 Å². The van der Waals surface area contributed by atoms with Gasteiger partial charge in [-0.1, -0.05) is 98.8 Å². The van der Waals surface area contributed by atoms with Gasteiger partial charge in [-0.2, -0.15) is 0 Å². The fourth-order valence-corrected chi connectivity index (χ4v) is 4.80. The van der Waals surface area contributed by atoms with Crippen LogP contribution in [-0.2, 0) is 27.4 Å². The molecule has 9 nitrogen and oxygen atoms in total. The molecule has 0 aliphatic heterocycles. The van der Waals surface area contributed by atoms with E-state index in [9.17, 15) is 19.5 Å². The molecule has 0 aliphatic rings. The van der Waals surface area contributed by atoms with Crippen molar-refractivity contribution in [3.63, 3.8) is 0 Å². The van der Waals surface area contributed by atoms with Crippen molar-refractivity contribution in [3.05, 3.63) is 108 Å². The molecule has 0 aromatic heterocycles. The van der Waals surface area contributed by atoms with Crippen molar-refractivity contribution in [1.29, 1.82) is 0 Å². The third kappa shape index (κ3) is 8.81. The van der Waals surface area contributed by atoms with E-state index in [1.54, 1.807) is 36.4 Å². The lowest BCUT2D eigenvalue weighted by Gasteiger charge is -2.28. The molecule has 2 amide bonds. The van der Waals surface area contributed by atoms with Gasteiger partial charge in [0.25, 0.3) is 0 Å². The standard InChI is InChI=1S/C35H38N2O7/c1-24(2)21-37(22-30(38)34(40)43-23-25-12-5-4-6-13-25)35(41)36-29(33(39)44-32-19-10-9-18-31(32)42-3)20-27-16-11-15-26-14-7-8-17-28(26)27/h4-19,24,29-30,38H,20-23H2,1-3H3,(H,36,41)/t29-,30?/m0/s1. The zero-order chi connectivity index (χ0) is 31.5. The molecule has 0 saturated heterocycles. The van der Waals surface area contributed by atoms with Crippen LogP contribution < -0.4 is 14.8 Å². The predicted octanol–water partition coefficient (Wildman–Crippen LogP) is 5.14. The summed E-state index contributed by atoms with van der Waals surface area (Å²) < 4.78 is 16.3. The fraction of sp³-hybridized carbons (Fsp3) is 0.286. The minimum atomic E-state index is -1.58. The van der Waals surface area contributed by atoms with Gasteiger partial charge in [-0.25, -0.2) is 14.4 Å². The Morgan fingerprint density at radius 1 is 0.795 bits per heavy atom. The van der Waals surface area contributed by atoms with Crippen LogP contribution >= 0.6 is 0 Å². The lowest BCUT2D eigenvalue weighted by atomic mass is 9.99. The van der Waals surface area contributed by atoms with Gasteiger partial charge >= 0.3 is 18.0 Å². The van der Waals surface area contributed by atoms with Crippen LogP contribution in [0.15, 0.2) is 97.1 Å². The molecule has 0 fully saturated rings. The molecule has 0 aliphatic carbocycles. The number of fused-ring (bicyclic) bond motifs is 1. The van der Waals surface area contributed by atoms with E-state index >= 15 is 0 Å². The summed E-state index contributed by atoms with van der Waals surface area (Å²) >= 11 is 0. The molecular formula is C35H38N2O7. The number of rotatable bonds is 13. The molecule has 0 bridgehead atoms. The summed E-state index contributed by atoms with van der Waals surface area (Å²) in [7, 11) is 1.47. The highest BCUT2D eigenvalue weighted by molar-refractivity contribution is 5.89. The summed E-state index contributed by atoms with van der Waals surface area (Å²) in [6.07, 6.45) is -1.45. The highest BCUT2D eigenvalue weighted by Crippen LogP contribution is 2.27. The Balaban J connectivity index is 1.54. The molecule has 0 heterocycles. The average Bonchev–Trinajstić information content (AvgIpc) is 3.03. The number of hydrogen-bond acceptors (Lipinski definition) is 7. The smallest absolute Gasteiger partial charge is 0.337 e. The van der Waals surface area contributed by atoms with Gasteiger partial charge in [0.05, 0.1) is 13.7 Å². The molecule has 4 aromatic rings. The third-order valence-corrected chi connectivity index (χ3v) is 6.93. The van der Waals surface area contributed by atoms with Crippen LogP contribution in [0.3, 0.4) is 0 Å². The second-order valence-electron chi connectivity index (χ2n) is 10.8. The molecule has 0 spiro atoms. The minimum absolute atomic E-state index is 0.00494. The zero-order valence-corrected chi connectivity index (χ0v) is 25.1. The van der Waals surface area contributed by atoms with Crippen molar-refractivity contribution >= 4 is 28.7 Å². The average molecular weight is 599 g/mol. The van der Waals surface area contributed by atoms with Gasteiger partial charge in [0.15, 0.2) is 17.6 Å². The Morgan fingerprint density at radius 2 is 1.45 bits per heavy atom. The molecule has 9 heteroatoms. The number of urea groups is 1. The Hall–Kier alpha value is -4.89. The second-order valence-corrected chi connectivity index (χ2v) is 10.8. The number of nitrogens with one attached hydrogen (secondary N) is 1. The van der Waals surface area contributed by atoms with Gasteiger partial charge < -0.3 is 29.5 Å². The minimum Gasteiger partial charge on any atom is -0.493 e. The number of esters is 2.